The van der Waals surface area contributed by atoms with E-state index in [9.17, 15) is 9.59 Å². The topological polar surface area (TPSA) is 73.4 Å². The van der Waals surface area contributed by atoms with Gasteiger partial charge < -0.3 is 4.42 Å². The monoisotopic (exact) mass is 167 g/mol. The summed E-state index contributed by atoms with van der Waals surface area (Å²) in [6, 6.07) is 2.33. The van der Waals surface area contributed by atoms with Crippen molar-refractivity contribution in [3.05, 3.63) is 24.2 Å². The molecule has 0 aliphatic carbocycles. The molecule has 0 saturated heterocycles. The number of furan rings is 1. The largest absolute Gasteiger partial charge is 0.459 e. The van der Waals surface area contributed by atoms with Crippen molar-refractivity contribution >= 4 is 11.9 Å². The predicted octanol–water partition coefficient (Wildman–Crippen LogP) is 0.364. The second kappa shape index (κ2) is 3.56. The van der Waals surface area contributed by atoms with Gasteiger partial charge in [-0.25, -0.2) is 10.1 Å². The summed E-state index contributed by atoms with van der Waals surface area (Å²) in [5, 5.41) is 5.22. The summed E-state index contributed by atoms with van der Waals surface area (Å²) in [6.45, 7) is 0. The highest BCUT2D eigenvalue weighted by atomic mass is 16.3. The predicted molar refractivity (Wildman–Crippen MR) is 39.6 cm³/mol. The van der Waals surface area contributed by atoms with Crippen LogP contribution in [0.2, 0.25) is 0 Å². The first kappa shape index (κ1) is 8.32. The smallest absolute Gasteiger partial charge is 0.343 e. The summed E-state index contributed by atoms with van der Waals surface area (Å²) in [7, 11) is 1.30. The Kier molecular flexibility index (Phi) is 2.47. The highest BCUT2D eigenvalue weighted by Gasteiger charge is 2.11. The number of amides is 3. The van der Waals surface area contributed by atoms with Gasteiger partial charge in [0.15, 0.2) is 5.76 Å². The van der Waals surface area contributed by atoms with Gasteiger partial charge in [-0.1, -0.05) is 0 Å². The van der Waals surface area contributed by atoms with Crippen LogP contribution in [0, 0.1) is 0 Å². The maximum absolute atomic E-state index is 11.0. The molecule has 0 aliphatic heterocycles. The lowest BCUT2D eigenvalue weighted by molar-refractivity contribution is 0.0937. The number of imide groups is 1. The Morgan fingerprint density at radius 2 is 2.33 bits per heavy atom. The normalized spacial score (nSPS) is 9.08. The fourth-order valence-corrected chi connectivity index (χ4v) is 0.622. The molecule has 5 heteroatoms. The van der Waals surface area contributed by atoms with E-state index >= 15 is 0 Å². The average Bonchev–Trinajstić information content (AvgIpc) is 2.56. The number of carbonyl (C=O) groups is 2. The number of urea groups is 1. The molecule has 0 spiro atoms. The maximum Gasteiger partial charge on any atom is 0.343 e. The maximum atomic E-state index is 11.0. The Morgan fingerprint density at radius 1 is 1.58 bits per heavy atom. The number of nitrogens with zero attached hydrogens (tertiary/aromatic N) is 1. The van der Waals surface area contributed by atoms with Crippen LogP contribution in [0.1, 0.15) is 10.6 Å². The van der Waals surface area contributed by atoms with Gasteiger partial charge >= 0.3 is 6.03 Å². The SMILES string of the molecule is C[N]C(=O)NC(=O)c1ccco1. The van der Waals surface area contributed by atoms with E-state index in [0.717, 1.165) is 0 Å². The van der Waals surface area contributed by atoms with E-state index in [1.165, 1.54) is 19.4 Å². The van der Waals surface area contributed by atoms with Crippen molar-refractivity contribution in [2.24, 2.45) is 0 Å². The number of rotatable bonds is 1. The summed E-state index contributed by atoms with van der Waals surface area (Å²) in [6.07, 6.45) is 1.35. The molecule has 1 aromatic heterocycles. The molecule has 0 aliphatic rings. The van der Waals surface area contributed by atoms with Crippen molar-refractivity contribution in [2.45, 2.75) is 0 Å². The van der Waals surface area contributed by atoms with E-state index in [2.05, 4.69) is 5.32 Å². The van der Waals surface area contributed by atoms with Crippen molar-refractivity contribution in [3.63, 3.8) is 0 Å². The van der Waals surface area contributed by atoms with Crippen molar-refractivity contribution in [1.29, 1.82) is 0 Å². The first-order chi connectivity index (χ1) is 5.74. The van der Waals surface area contributed by atoms with Crippen LogP contribution in [0.15, 0.2) is 22.8 Å². The molecule has 0 fully saturated rings. The minimum absolute atomic E-state index is 0.0898. The van der Waals surface area contributed by atoms with E-state index in [4.69, 9.17) is 4.42 Å². The van der Waals surface area contributed by atoms with Gasteiger partial charge in [-0.15, -0.1) is 0 Å². The van der Waals surface area contributed by atoms with Gasteiger partial charge in [-0.05, 0) is 12.1 Å². The minimum Gasteiger partial charge on any atom is -0.459 e. The first-order valence-electron chi connectivity index (χ1n) is 3.22. The van der Waals surface area contributed by atoms with Gasteiger partial charge in [-0.3, -0.25) is 10.1 Å². The molecule has 5 nitrogen and oxygen atoms in total. The number of carbonyl (C=O) groups excluding carboxylic acids is 2. The molecule has 0 unspecified atom stereocenters. The number of hydrogen-bond donors (Lipinski definition) is 1. The highest BCUT2D eigenvalue weighted by molar-refractivity contribution is 6.02. The average molecular weight is 167 g/mol. The molecule has 1 radical (unpaired) electrons. The third-order valence-electron chi connectivity index (χ3n) is 1.17. The van der Waals surface area contributed by atoms with Crippen LogP contribution in [0.4, 0.5) is 4.79 Å². The third-order valence-corrected chi connectivity index (χ3v) is 1.17. The van der Waals surface area contributed by atoms with E-state index in [1.54, 1.807) is 6.07 Å². The Balaban J connectivity index is 2.56. The summed E-state index contributed by atoms with van der Waals surface area (Å²) in [4.78, 5) is 21.6. The Morgan fingerprint density at radius 3 is 2.83 bits per heavy atom. The second-order valence-corrected chi connectivity index (χ2v) is 1.96. The van der Waals surface area contributed by atoms with Crippen LogP contribution in [0.25, 0.3) is 0 Å². The molecule has 3 amide bonds. The van der Waals surface area contributed by atoms with Gasteiger partial charge in [-0.2, -0.15) is 0 Å². The Bertz CT molecular complexity index is 279. The molecule has 0 bridgehead atoms. The third kappa shape index (κ3) is 1.85. The zero-order chi connectivity index (χ0) is 8.97. The van der Waals surface area contributed by atoms with Crippen LogP contribution in [-0.2, 0) is 0 Å². The van der Waals surface area contributed by atoms with Crippen molar-refractivity contribution in [3.8, 4) is 0 Å². The lowest BCUT2D eigenvalue weighted by Gasteiger charge is -1.96. The molecule has 63 valence electrons. The lowest BCUT2D eigenvalue weighted by Crippen LogP contribution is -2.33. The van der Waals surface area contributed by atoms with Gasteiger partial charge in [0, 0.05) is 7.05 Å². The molecule has 1 heterocycles. The fourth-order valence-electron chi connectivity index (χ4n) is 0.622. The molecule has 0 atom stereocenters. The van der Waals surface area contributed by atoms with Crippen LogP contribution in [0.3, 0.4) is 0 Å². The molecule has 1 aromatic rings. The van der Waals surface area contributed by atoms with E-state index in [0.29, 0.717) is 0 Å². The summed E-state index contributed by atoms with van der Waals surface area (Å²) in [5.41, 5.74) is 0. The summed E-state index contributed by atoms with van der Waals surface area (Å²) >= 11 is 0. The van der Waals surface area contributed by atoms with E-state index < -0.39 is 11.9 Å². The van der Waals surface area contributed by atoms with Gasteiger partial charge in [0.2, 0.25) is 0 Å². The van der Waals surface area contributed by atoms with Gasteiger partial charge in [0.1, 0.15) is 0 Å². The molecule has 0 aromatic carbocycles. The van der Waals surface area contributed by atoms with Crippen molar-refractivity contribution < 1.29 is 14.0 Å². The standard InChI is InChI=1S/C7H7N2O3/c1-8-7(11)9-6(10)5-3-2-4-12-5/h2-4H,1H3,(H,9,10,11). The first-order valence-corrected chi connectivity index (χ1v) is 3.22. The van der Waals surface area contributed by atoms with E-state index in [-0.39, 0.29) is 5.76 Å². The fraction of sp³-hybridized carbons (Fsp3) is 0.143. The number of hydrogen-bond acceptors (Lipinski definition) is 3. The van der Waals surface area contributed by atoms with Gasteiger partial charge in [0.05, 0.1) is 6.26 Å². The highest BCUT2D eigenvalue weighted by Crippen LogP contribution is 1.98. The summed E-state index contributed by atoms with van der Waals surface area (Å²) in [5.74, 6) is -0.498. The zero-order valence-electron chi connectivity index (χ0n) is 6.40. The molecule has 0 saturated carbocycles. The van der Waals surface area contributed by atoms with Crippen LogP contribution in [-0.4, -0.2) is 19.0 Å². The van der Waals surface area contributed by atoms with Gasteiger partial charge in [0.25, 0.3) is 5.91 Å². The van der Waals surface area contributed by atoms with Crippen LogP contribution >= 0.6 is 0 Å². The molecular weight excluding hydrogens is 160 g/mol. The molecular formula is C7H7N2O3. The molecule has 12 heavy (non-hydrogen) atoms. The Labute approximate surface area is 68.7 Å². The lowest BCUT2D eigenvalue weighted by atomic mass is 10.4. The molecule has 1 N–H and O–H groups in total. The minimum atomic E-state index is -0.684. The van der Waals surface area contributed by atoms with E-state index in [1.807, 2.05) is 5.32 Å². The van der Waals surface area contributed by atoms with Crippen LogP contribution < -0.4 is 10.6 Å². The van der Waals surface area contributed by atoms with Crippen LogP contribution in [0.5, 0.6) is 0 Å². The van der Waals surface area contributed by atoms with Crippen molar-refractivity contribution in [2.75, 3.05) is 7.05 Å². The number of nitrogens with one attached hydrogen (secondary N) is 1. The zero-order valence-corrected chi connectivity index (χ0v) is 6.40. The quantitative estimate of drug-likeness (QED) is 0.656. The summed E-state index contributed by atoms with van der Waals surface area (Å²) < 4.78 is 4.73. The molecule has 1 rings (SSSR count). The van der Waals surface area contributed by atoms with Crippen molar-refractivity contribution in [1.82, 2.24) is 10.6 Å². The second-order valence-electron chi connectivity index (χ2n) is 1.96. The Hall–Kier alpha value is -1.78.